The van der Waals surface area contributed by atoms with Crippen LogP contribution in [-0.4, -0.2) is 51.6 Å². The van der Waals surface area contributed by atoms with Gasteiger partial charge in [0.25, 0.3) is 0 Å². The zero-order valence-electron chi connectivity index (χ0n) is 18.3. The molecule has 1 fully saturated rings. The Bertz CT molecular complexity index is 977. The van der Waals surface area contributed by atoms with Crippen LogP contribution in [0.15, 0.2) is 36.5 Å². The highest BCUT2D eigenvalue weighted by Gasteiger charge is 2.27. The van der Waals surface area contributed by atoms with Gasteiger partial charge in [-0.1, -0.05) is 32.4 Å². The molecule has 2 aromatic heterocycles. The maximum Gasteiger partial charge on any atom is 0.119 e. The molecule has 1 aliphatic rings. The fourth-order valence-electron chi connectivity index (χ4n) is 3.83. The van der Waals surface area contributed by atoms with E-state index in [1.165, 1.54) is 11.3 Å². The lowest BCUT2D eigenvalue weighted by Gasteiger charge is -2.32. The minimum absolute atomic E-state index is 0.0408. The summed E-state index contributed by atoms with van der Waals surface area (Å²) in [6, 6.07) is 9.47. The molecular formula is C23H30ClN5O2. The summed E-state index contributed by atoms with van der Waals surface area (Å²) in [5.41, 5.74) is 4.46. The Balaban J connectivity index is 1.31. The lowest BCUT2D eigenvalue weighted by atomic mass is 9.89. The van der Waals surface area contributed by atoms with Crippen LogP contribution in [0.3, 0.4) is 0 Å². The van der Waals surface area contributed by atoms with E-state index < -0.39 is 0 Å². The van der Waals surface area contributed by atoms with Gasteiger partial charge in [-0.3, -0.25) is 15.1 Å². The average Bonchev–Trinajstić information content (AvgIpc) is 3.39. The van der Waals surface area contributed by atoms with E-state index in [-0.39, 0.29) is 11.5 Å². The van der Waals surface area contributed by atoms with E-state index in [9.17, 15) is 0 Å². The smallest absolute Gasteiger partial charge is 0.119 e. The number of nitrogens with one attached hydrogen (secondary N) is 2. The van der Waals surface area contributed by atoms with Crippen LogP contribution in [0.2, 0.25) is 5.02 Å². The lowest BCUT2D eigenvalue weighted by molar-refractivity contribution is -0.0351. The van der Waals surface area contributed by atoms with Crippen LogP contribution < -0.4 is 4.74 Å². The van der Waals surface area contributed by atoms with Gasteiger partial charge in [-0.2, -0.15) is 10.2 Å². The number of morpholine rings is 1. The molecule has 2 N–H and O–H groups in total. The van der Waals surface area contributed by atoms with E-state index in [0.29, 0.717) is 18.2 Å². The largest absolute Gasteiger partial charge is 0.493 e. The summed E-state index contributed by atoms with van der Waals surface area (Å²) in [6.07, 6.45) is 2.65. The number of halogens is 1. The van der Waals surface area contributed by atoms with Crippen LogP contribution in [0, 0.1) is 0 Å². The minimum atomic E-state index is -0.0408. The topological polar surface area (TPSA) is 79.1 Å². The zero-order valence-corrected chi connectivity index (χ0v) is 19.1. The fourth-order valence-corrected chi connectivity index (χ4v) is 3.95. The Morgan fingerprint density at radius 3 is 2.81 bits per heavy atom. The standard InChI is InChI=1S/C23H30ClN5O2/c1-23(2,3)22-16(13-25-28-22)14-29-9-11-31-21(15-29)20-12-18(26-27-20)8-10-30-19-6-4-17(24)5-7-19/h4-7,12-13,21H,8-11,14-15H2,1-3H3,(H,25,28)(H,26,27)/t21-/m0/s1. The van der Waals surface area contributed by atoms with Crippen molar-refractivity contribution in [1.82, 2.24) is 25.3 Å². The fraction of sp³-hybridized carbons (Fsp3) is 0.478. The van der Waals surface area contributed by atoms with Gasteiger partial charge in [-0.15, -0.1) is 0 Å². The SMILES string of the molecule is CC(C)(C)c1[nH]ncc1CN1CCO[C@H](c2cc(CCOc3ccc(Cl)cc3)[nH]n2)C1. The molecule has 1 aromatic carbocycles. The Kier molecular flexibility index (Phi) is 6.65. The van der Waals surface area contributed by atoms with E-state index in [1.807, 2.05) is 30.5 Å². The summed E-state index contributed by atoms with van der Waals surface area (Å²) in [6.45, 7) is 10.4. The summed E-state index contributed by atoms with van der Waals surface area (Å²) >= 11 is 5.91. The Morgan fingerprint density at radius 1 is 1.23 bits per heavy atom. The quantitative estimate of drug-likeness (QED) is 0.569. The van der Waals surface area contributed by atoms with Crippen molar-refractivity contribution < 1.29 is 9.47 Å². The second kappa shape index (κ2) is 9.42. The summed E-state index contributed by atoms with van der Waals surface area (Å²) in [5, 5.41) is 15.8. The Morgan fingerprint density at radius 2 is 2.03 bits per heavy atom. The molecule has 166 valence electrons. The first-order valence-electron chi connectivity index (χ1n) is 10.7. The molecule has 0 bridgehead atoms. The highest BCUT2D eigenvalue weighted by molar-refractivity contribution is 6.30. The summed E-state index contributed by atoms with van der Waals surface area (Å²) < 4.78 is 11.8. The van der Waals surface area contributed by atoms with E-state index in [0.717, 1.165) is 43.2 Å². The van der Waals surface area contributed by atoms with Gasteiger partial charge in [-0.05, 0) is 30.3 Å². The van der Waals surface area contributed by atoms with E-state index >= 15 is 0 Å². The predicted octanol–water partition coefficient (Wildman–Crippen LogP) is 4.28. The number of nitrogens with zero attached hydrogens (tertiary/aromatic N) is 3. The lowest BCUT2D eigenvalue weighted by Crippen LogP contribution is -2.38. The molecule has 3 aromatic rings. The molecule has 4 rings (SSSR count). The average molecular weight is 444 g/mol. The van der Waals surface area contributed by atoms with Gasteiger partial charge in [0.05, 0.1) is 25.1 Å². The molecule has 0 aliphatic carbocycles. The highest BCUT2D eigenvalue weighted by Crippen LogP contribution is 2.27. The molecule has 0 unspecified atom stereocenters. The van der Waals surface area contributed by atoms with Gasteiger partial charge >= 0.3 is 0 Å². The van der Waals surface area contributed by atoms with Crippen LogP contribution in [0.1, 0.15) is 49.5 Å². The molecule has 0 saturated carbocycles. The first-order chi connectivity index (χ1) is 14.9. The number of aromatic amines is 2. The Hall–Kier alpha value is -2.35. The van der Waals surface area contributed by atoms with Gasteiger partial charge in [-0.25, -0.2) is 0 Å². The minimum Gasteiger partial charge on any atom is -0.493 e. The number of ether oxygens (including phenoxy) is 2. The van der Waals surface area contributed by atoms with Crippen molar-refractivity contribution in [2.45, 2.75) is 45.3 Å². The third-order valence-electron chi connectivity index (χ3n) is 5.45. The van der Waals surface area contributed by atoms with E-state index in [1.54, 1.807) is 0 Å². The number of benzene rings is 1. The van der Waals surface area contributed by atoms with Crippen LogP contribution in [-0.2, 0) is 23.1 Å². The third-order valence-corrected chi connectivity index (χ3v) is 5.70. The number of hydrogen-bond acceptors (Lipinski definition) is 5. The van der Waals surface area contributed by atoms with Crippen molar-refractivity contribution in [3.05, 3.63) is 64.2 Å². The number of H-pyrrole nitrogens is 2. The van der Waals surface area contributed by atoms with Gasteiger partial charge in [0.15, 0.2) is 0 Å². The van der Waals surface area contributed by atoms with Crippen molar-refractivity contribution >= 4 is 11.6 Å². The highest BCUT2D eigenvalue weighted by atomic mass is 35.5. The van der Waals surface area contributed by atoms with Crippen molar-refractivity contribution in [2.75, 3.05) is 26.3 Å². The molecule has 31 heavy (non-hydrogen) atoms. The van der Waals surface area contributed by atoms with Gasteiger partial charge in [0.1, 0.15) is 11.9 Å². The monoisotopic (exact) mass is 443 g/mol. The Labute approximate surface area is 188 Å². The molecule has 1 aliphatic heterocycles. The molecule has 8 heteroatoms. The molecule has 1 saturated heterocycles. The van der Waals surface area contributed by atoms with Crippen molar-refractivity contribution in [3.8, 4) is 5.75 Å². The van der Waals surface area contributed by atoms with Crippen molar-refractivity contribution in [2.24, 2.45) is 0 Å². The zero-order chi connectivity index (χ0) is 21.8. The van der Waals surface area contributed by atoms with Gasteiger partial charge in [0.2, 0.25) is 0 Å². The molecule has 3 heterocycles. The van der Waals surface area contributed by atoms with Crippen LogP contribution in [0.4, 0.5) is 0 Å². The number of hydrogen-bond donors (Lipinski definition) is 2. The van der Waals surface area contributed by atoms with Gasteiger partial charge in [0, 0.05) is 53.4 Å². The molecule has 7 nitrogen and oxygen atoms in total. The maximum absolute atomic E-state index is 6.02. The van der Waals surface area contributed by atoms with Crippen LogP contribution in [0.25, 0.3) is 0 Å². The second-order valence-electron chi connectivity index (χ2n) is 8.99. The molecular weight excluding hydrogens is 414 g/mol. The first-order valence-corrected chi connectivity index (χ1v) is 11.1. The van der Waals surface area contributed by atoms with E-state index in [4.69, 9.17) is 21.1 Å². The summed E-state index contributed by atoms with van der Waals surface area (Å²) in [7, 11) is 0. The van der Waals surface area contributed by atoms with Crippen molar-refractivity contribution in [1.29, 1.82) is 0 Å². The van der Waals surface area contributed by atoms with Crippen LogP contribution in [0.5, 0.6) is 5.75 Å². The molecule has 0 radical (unpaired) electrons. The molecule has 1 atom stereocenters. The first kappa shape index (κ1) is 21.9. The number of rotatable bonds is 7. The third kappa shape index (κ3) is 5.67. The van der Waals surface area contributed by atoms with Crippen LogP contribution >= 0.6 is 11.6 Å². The van der Waals surface area contributed by atoms with Gasteiger partial charge < -0.3 is 9.47 Å². The maximum atomic E-state index is 6.02. The number of aromatic nitrogens is 4. The van der Waals surface area contributed by atoms with E-state index in [2.05, 4.69) is 52.1 Å². The second-order valence-corrected chi connectivity index (χ2v) is 9.42. The summed E-state index contributed by atoms with van der Waals surface area (Å²) in [5.74, 6) is 0.810. The molecule has 0 spiro atoms. The normalized spacial score (nSPS) is 17.7. The summed E-state index contributed by atoms with van der Waals surface area (Å²) in [4.78, 5) is 2.41. The predicted molar refractivity (Wildman–Crippen MR) is 120 cm³/mol. The van der Waals surface area contributed by atoms with Crippen molar-refractivity contribution in [3.63, 3.8) is 0 Å². The molecule has 0 amide bonds.